The lowest BCUT2D eigenvalue weighted by Crippen LogP contribution is -2.16. The number of para-hydroxylation sites is 1. The Morgan fingerprint density at radius 3 is 2.34 bits per heavy atom. The number of ether oxygens (including phenoxy) is 1. The molecule has 0 aliphatic heterocycles. The van der Waals surface area contributed by atoms with Gasteiger partial charge in [0.1, 0.15) is 11.6 Å². The molecule has 4 aromatic rings. The Bertz CT molecular complexity index is 1130. The quantitative estimate of drug-likeness (QED) is 0.521. The van der Waals surface area contributed by atoms with Gasteiger partial charge in [0.25, 0.3) is 5.91 Å². The van der Waals surface area contributed by atoms with Crippen LogP contribution in [0.2, 0.25) is 0 Å². The second-order valence-corrected chi connectivity index (χ2v) is 6.68. The highest BCUT2D eigenvalue weighted by Crippen LogP contribution is 2.26. The summed E-state index contributed by atoms with van der Waals surface area (Å²) in [5.41, 5.74) is 4.25. The summed E-state index contributed by atoms with van der Waals surface area (Å²) in [5.74, 6) is 0.855. The zero-order valence-electron chi connectivity index (χ0n) is 16.3. The van der Waals surface area contributed by atoms with Crippen molar-refractivity contribution in [2.24, 2.45) is 0 Å². The maximum Gasteiger partial charge on any atom is 0.260 e. The first-order chi connectivity index (χ1) is 14.2. The molecule has 0 bridgehead atoms. The number of nitrogens with one attached hydrogen (secondary N) is 1. The summed E-state index contributed by atoms with van der Waals surface area (Å²) in [6, 6.07) is 26.9. The van der Waals surface area contributed by atoms with E-state index in [4.69, 9.17) is 9.84 Å². The molecule has 29 heavy (non-hydrogen) atoms. The van der Waals surface area contributed by atoms with E-state index >= 15 is 0 Å². The van der Waals surface area contributed by atoms with Gasteiger partial charge in [-0.1, -0.05) is 60.2 Å². The number of carbonyl (C=O) groups excluding carboxylic acids is 1. The zero-order chi connectivity index (χ0) is 20.2. The van der Waals surface area contributed by atoms with Crippen LogP contribution in [0.5, 0.6) is 5.75 Å². The van der Waals surface area contributed by atoms with Gasteiger partial charge in [0.2, 0.25) is 0 Å². The number of amides is 1. The minimum atomic E-state index is -0.254. The minimum absolute atomic E-state index is 0.254. The lowest BCUT2D eigenvalue weighted by atomic mass is 10.1. The molecular weight excluding hydrogens is 362 g/mol. The van der Waals surface area contributed by atoms with Gasteiger partial charge in [0.15, 0.2) is 0 Å². The van der Waals surface area contributed by atoms with E-state index in [-0.39, 0.29) is 5.91 Å². The highest BCUT2D eigenvalue weighted by atomic mass is 16.5. The van der Waals surface area contributed by atoms with Crippen LogP contribution in [0.3, 0.4) is 0 Å². The number of rotatable bonds is 5. The third-order valence-corrected chi connectivity index (χ3v) is 4.65. The smallest absolute Gasteiger partial charge is 0.260 e. The summed E-state index contributed by atoms with van der Waals surface area (Å²) in [6.07, 6.45) is 0. The van der Waals surface area contributed by atoms with Crippen molar-refractivity contribution in [3.05, 3.63) is 96.1 Å². The largest absolute Gasteiger partial charge is 0.496 e. The van der Waals surface area contributed by atoms with Crippen LogP contribution in [0, 0.1) is 6.92 Å². The molecule has 5 nitrogen and oxygen atoms in total. The maximum atomic E-state index is 12.9. The summed E-state index contributed by atoms with van der Waals surface area (Å²) in [7, 11) is 1.55. The van der Waals surface area contributed by atoms with Gasteiger partial charge < -0.3 is 10.1 Å². The number of aromatic nitrogens is 2. The second-order valence-electron chi connectivity index (χ2n) is 6.68. The molecule has 0 aliphatic carbocycles. The van der Waals surface area contributed by atoms with E-state index in [1.807, 2.05) is 79.7 Å². The molecule has 3 aromatic carbocycles. The predicted molar refractivity (Wildman–Crippen MR) is 115 cm³/mol. The van der Waals surface area contributed by atoms with Crippen LogP contribution in [0.4, 0.5) is 5.82 Å². The van der Waals surface area contributed by atoms with Crippen LogP contribution in [0.25, 0.3) is 16.9 Å². The van der Waals surface area contributed by atoms with Gasteiger partial charge in [-0.25, -0.2) is 4.68 Å². The number of hydrogen-bond acceptors (Lipinski definition) is 3. The van der Waals surface area contributed by atoms with Gasteiger partial charge >= 0.3 is 0 Å². The van der Waals surface area contributed by atoms with Gasteiger partial charge in [-0.2, -0.15) is 5.10 Å². The Morgan fingerprint density at radius 2 is 1.62 bits per heavy atom. The summed E-state index contributed by atoms with van der Waals surface area (Å²) in [5, 5.41) is 7.73. The van der Waals surface area contributed by atoms with Crippen molar-refractivity contribution in [1.29, 1.82) is 0 Å². The molecule has 1 heterocycles. The van der Waals surface area contributed by atoms with Crippen molar-refractivity contribution in [3.63, 3.8) is 0 Å². The first-order valence-electron chi connectivity index (χ1n) is 9.32. The molecule has 0 spiro atoms. The molecule has 0 saturated heterocycles. The lowest BCUT2D eigenvalue weighted by Gasteiger charge is -2.11. The average molecular weight is 383 g/mol. The number of nitrogens with zero attached hydrogens (tertiary/aromatic N) is 2. The maximum absolute atomic E-state index is 12.9. The van der Waals surface area contributed by atoms with Crippen LogP contribution >= 0.6 is 0 Å². The minimum Gasteiger partial charge on any atom is -0.496 e. The number of carbonyl (C=O) groups is 1. The first-order valence-corrected chi connectivity index (χ1v) is 9.32. The van der Waals surface area contributed by atoms with E-state index in [0.29, 0.717) is 17.1 Å². The molecule has 0 fully saturated rings. The van der Waals surface area contributed by atoms with E-state index in [2.05, 4.69) is 5.32 Å². The molecule has 5 heteroatoms. The van der Waals surface area contributed by atoms with Gasteiger partial charge in [-0.3, -0.25) is 4.79 Å². The van der Waals surface area contributed by atoms with Crippen molar-refractivity contribution >= 4 is 11.7 Å². The summed E-state index contributed by atoms with van der Waals surface area (Å²) >= 11 is 0. The number of hydrogen-bond donors (Lipinski definition) is 1. The van der Waals surface area contributed by atoms with E-state index in [1.54, 1.807) is 23.9 Å². The SMILES string of the molecule is COc1ccccc1C(=O)Nc1cc(-c2ccccc2)nn1-c1ccc(C)cc1. The Morgan fingerprint density at radius 1 is 0.931 bits per heavy atom. The van der Waals surface area contributed by atoms with E-state index in [0.717, 1.165) is 22.5 Å². The fourth-order valence-corrected chi connectivity index (χ4v) is 3.12. The fraction of sp³-hybridized carbons (Fsp3) is 0.0833. The number of anilines is 1. The normalized spacial score (nSPS) is 10.6. The highest BCUT2D eigenvalue weighted by Gasteiger charge is 2.17. The van der Waals surface area contributed by atoms with Crippen LogP contribution in [0.1, 0.15) is 15.9 Å². The van der Waals surface area contributed by atoms with E-state index in [1.165, 1.54) is 0 Å². The molecule has 1 N–H and O–H groups in total. The second kappa shape index (κ2) is 8.02. The third-order valence-electron chi connectivity index (χ3n) is 4.65. The Balaban J connectivity index is 1.75. The molecule has 0 unspecified atom stereocenters. The lowest BCUT2D eigenvalue weighted by molar-refractivity contribution is 0.102. The van der Waals surface area contributed by atoms with Gasteiger partial charge in [0.05, 0.1) is 24.1 Å². The van der Waals surface area contributed by atoms with Crippen molar-refractivity contribution in [3.8, 4) is 22.7 Å². The summed E-state index contributed by atoms with van der Waals surface area (Å²) in [6.45, 7) is 2.03. The van der Waals surface area contributed by atoms with Crippen LogP contribution in [-0.2, 0) is 0 Å². The van der Waals surface area contributed by atoms with Gasteiger partial charge in [-0.15, -0.1) is 0 Å². The van der Waals surface area contributed by atoms with Crippen molar-refractivity contribution in [1.82, 2.24) is 9.78 Å². The van der Waals surface area contributed by atoms with Gasteiger partial charge in [0, 0.05) is 11.6 Å². The van der Waals surface area contributed by atoms with Gasteiger partial charge in [-0.05, 0) is 31.2 Å². The first kappa shape index (κ1) is 18.5. The average Bonchev–Trinajstić information content (AvgIpc) is 3.18. The zero-order valence-corrected chi connectivity index (χ0v) is 16.3. The predicted octanol–water partition coefficient (Wildman–Crippen LogP) is 5.11. The number of aryl methyl sites for hydroxylation is 1. The molecule has 144 valence electrons. The van der Waals surface area contributed by atoms with Crippen molar-refractivity contribution in [2.75, 3.05) is 12.4 Å². The van der Waals surface area contributed by atoms with E-state index < -0.39 is 0 Å². The summed E-state index contributed by atoms with van der Waals surface area (Å²) in [4.78, 5) is 12.9. The molecule has 0 atom stereocenters. The third kappa shape index (κ3) is 3.89. The fourth-order valence-electron chi connectivity index (χ4n) is 3.12. The van der Waals surface area contributed by atoms with Crippen LogP contribution in [-0.4, -0.2) is 22.8 Å². The van der Waals surface area contributed by atoms with Crippen molar-refractivity contribution < 1.29 is 9.53 Å². The Kier molecular flexibility index (Phi) is 5.12. The molecular formula is C24H21N3O2. The molecule has 1 aromatic heterocycles. The molecule has 4 rings (SSSR count). The number of benzene rings is 3. The Hall–Kier alpha value is -3.86. The molecule has 0 aliphatic rings. The Labute approximate surface area is 169 Å². The standard InChI is InChI=1S/C24H21N3O2/c1-17-12-14-19(15-13-17)27-23(16-21(26-27)18-8-4-3-5-9-18)25-24(28)20-10-6-7-11-22(20)29-2/h3-16H,1-2H3,(H,25,28). The van der Waals surface area contributed by atoms with Crippen LogP contribution < -0.4 is 10.1 Å². The summed E-state index contributed by atoms with van der Waals surface area (Å²) < 4.78 is 7.07. The molecule has 1 amide bonds. The van der Waals surface area contributed by atoms with E-state index in [9.17, 15) is 4.79 Å². The number of methoxy groups -OCH3 is 1. The monoisotopic (exact) mass is 383 g/mol. The van der Waals surface area contributed by atoms with Crippen LogP contribution in [0.15, 0.2) is 84.9 Å². The topological polar surface area (TPSA) is 56.1 Å². The molecule has 0 saturated carbocycles. The van der Waals surface area contributed by atoms with Crippen molar-refractivity contribution in [2.45, 2.75) is 6.92 Å². The molecule has 0 radical (unpaired) electrons. The highest BCUT2D eigenvalue weighted by molar-refractivity contribution is 6.06.